The SMILES string of the molecule is Cc1cc(Cn2cc(CNCC(C)C)nn2)on1. The van der Waals surface area contributed by atoms with Crippen molar-refractivity contribution in [1.82, 2.24) is 25.5 Å². The van der Waals surface area contributed by atoms with Crippen LogP contribution in [-0.2, 0) is 13.1 Å². The normalized spacial score (nSPS) is 11.3. The Morgan fingerprint density at radius 1 is 1.44 bits per heavy atom. The van der Waals surface area contributed by atoms with E-state index in [1.165, 1.54) is 0 Å². The van der Waals surface area contributed by atoms with Gasteiger partial charge in [-0.15, -0.1) is 5.10 Å². The van der Waals surface area contributed by atoms with Crippen molar-refractivity contribution in [1.29, 1.82) is 0 Å². The van der Waals surface area contributed by atoms with Gasteiger partial charge in [-0.3, -0.25) is 0 Å². The smallest absolute Gasteiger partial charge is 0.158 e. The van der Waals surface area contributed by atoms with Crippen LogP contribution in [0.4, 0.5) is 0 Å². The molecular weight excluding hydrogens is 230 g/mol. The monoisotopic (exact) mass is 249 g/mol. The maximum absolute atomic E-state index is 5.14. The summed E-state index contributed by atoms with van der Waals surface area (Å²) < 4.78 is 6.89. The predicted molar refractivity (Wildman–Crippen MR) is 66.9 cm³/mol. The van der Waals surface area contributed by atoms with Crippen LogP contribution in [0.25, 0.3) is 0 Å². The van der Waals surface area contributed by atoms with E-state index in [1.54, 1.807) is 4.68 Å². The number of rotatable bonds is 6. The zero-order valence-electron chi connectivity index (χ0n) is 11.1. The van der Waals surface area contributed by atoms with E-state index in [0.29, 0.717) is 12.5 Å². The first-order valence-electron chi connectivity index (χ1n) is 6.15. The molecule has 0 bridgehead atoms. The molecule has 18 heavy (non-hydrogen) atoms. The number of hydrogen-bond acceptors (Lipinski definition) is 5. The molecule has 0 unspecified atom stereocenters. The van der Waals surface area contributed by atoms with Crippen molar-refractivity contribution < 1.29 is 4.52 Å². The second kappa shape index (κ2) is 5.77. The number of hydrogen-bond donors (Lipinski definition) is 1. The minimum atomic E-state index is 0.567. The average Bonchev–Trinajstić information content (AvgIpc) is 2.89. The van der Waals surface area contributed by atoms with Gasteiger partial charge in [-0.25, -0.2) is 4.68 Å². The molecule has 2 aromatic heterocycles. The number of aromatic nitrogens is 4. The number of nitrogens with zero attached hydrogens (tertiary/aromatic N) is 4. The van der Waals surface area contributed by atoms with Crippen molar-refractivity contribution in [2.24, 2.45) is 5.92 Å². The molecule has 6 heteroatoms. The van der Waals surface area contributed by atoms with E-state index in [4.69, 9.17) is 4.52 Å². The van der Waals surface area contributed by atoms with E-state index < -0.39 is 0 Å². The first-order valence-corrected chi connectivity index (χ1v) is 6.15. The second-order valence-corrected chi connectivity index (χ2v) is 4.87. The summed E-state index contributed by atoms with van der Waals surface area (Å²) in [6.45, 7) is 8.54. The van der Waals surface area contributed by atoms with Crippen molar-refractivity contribution in [3.8, 4) is 0 Å². The van der Waals surface area contributed by atoms with Crippen LogP contribution in [0.5, 0.6) is 0 Å². The van der Waals surface area contributed by atoms with Gasteiger partial charge in [0.2, 0.25) is 0 Å². The highest BCUT2D eigenvalue weighted by molar-refractivity contribution is 5.03. The lowest BCUT2D eigenvalue weighted by atomic mass is 10.2. The third-order valence-corrected chi connectivity index (χ3v) is 2.44. The molecule has 0 spiro atoms. The van der Waals surface area contributed by atoms with Crippen LogP contribution < -0.4 is 5.32 Å². The molecule has 6 nitrogen and oxygen atoms in total. The number of aryl methyl sites for hydroxylation is 1. The molecular formula is C12H19N5O. The van der Waals surface area contributed by atoms with E-state index in [2.05, 4.69) is 34.6 Å². The molecule has 0 aromatic carbocycles. The van der Waals surface area contributed by atoms with Crippen LogP contribution in [0.1, 0.15) is 31.0 Å². The molecule has 2 heterocycles. The lowest BCUT2D eigenvalue weighted by Gasteiger charge is -2.04. The van der Waals surface area contributed by atoms with E-state index in [1.807, 2.05) is 19.2 Å². The topological polar surface area (TPSA) is 68.8 Å². The minimum absolute atomic E-state index is 0.567. The molecule has 2 rings (SSSR count). The molecule has 0 fully saturated rings. The zero-order chi connectivity index (χ0) is 13.0. The lowest BCUT2D eigenvalue weighted by Crippen LogP contribution is -2.19. The average molecular weight is 249 g/mol. The Kier molecular flexibility index (Phi) is 4.09. The van der Waals surface area contributed by atoms with Crippen molar-refractivity contribution in [2.75, 3.05) is 6.54 Å². The summed E-state index contributed by atoms with van der Waals surface area (Å²) in [7, 11) is 0. The maximum Gasteiger partial charge on any atom is 0.158 e. The Labute approximate surface area is 106 Å². The van der Waals surface area contributed by atoms with Gasteiger partial charge in [0.15, 0.2) is 5.76 Å². The summed E-state index contributed by atoms with van der Waals surface area (Å²) in [5, 5.41) is 15.3. The van der Waals surface area contributed by atoms with Crippen LogP contribution in [0, 0.1) is 12.8 Å². The molecule has 1 N–H and O–H groups in total. The van der Waals surface area contributed by atoms with E-state index in [9.17, 15) is 0 Å². The van der Waals surface area contributed by atoms with Crippen LogP contribution in [0.3, 0.4) is 0 Å². The summed E-state index contributed by atoms with van der Waals surface area (Å²) in [5.74, 6) is 1.43. The molecule has 0 saturated carbocycles. The van der Waals surface area contributed by atoms with Gasteiger partial charge in [0.05, 0.1) is 17.6 Å². The highest BCUT2D eigenvalue weighted by Gasteiger charge is 2.05. The fraction of sp³-hybridized carbons (Fsp3) is 0.583. The Hall–Kier alpha value is -1.69. The third kappa shape index (κ3) is 3.66. The summed E-state index contributed by atoms with van der Waals surface area (Å²) in [5.41, 5.74) is 1.82. The van der Waals surface area contributed by atoms with Crippen molar-refractivity contribution in [3.05, 3.63) is 29.4 Å². The molecule has 0 amide bonds. The standard InChI is InChI=1S/C12H19N5O/c1-9(2)5-13-6-11-7-17(16-14-11)8-12-4-10(3)15-18-12/h4,7,9,13H,5-6,8H2,1-3H3. The van der Waals surface area contributed by atoms with Gasteiger partial charge in [0, 0.05) is 12.6 Å². The highest BCUT2D eigenvalue weighted by Crippen LogP contribution is 2.04. The fourth-order valence-electron chi connectivity index (χ4n) is 1.64. The van der Waals surface area contributed by atoms with Gasteiger partial charge in [-0.1, -0.05) is 24.2 Å². The quantitative estimate of drug-likeness (QED) is 0.837. The summed E-state index contributed by atoms with van der Waals surface area (Å²) >= 11 is 0. The molecule has 0 aliphatic heterocycles. The summed E-state index contributed by atoms with van der Waals surface area (Å²) in [4.78, 5) is 0. The van der Waals surface area contributed by atoms with Crippen molar-refractivity contribution in [2.45, 2.75) is 33.9 Å². The van der Waals surface area contributed by atoms with E-state index >= 15 is 0 Å². The van der Waals surface area contributed by atoms with Gasteiger partial charge in [0.25, 0.3) is 0 Å². The second-order valence-electron chi connectivity index (χ2n) is 4.87. The first-order chi connectivity index (χ1) is 8.63. The van der Waals surface area contributed by atoms with E-state index in [-0.39, 0.29) is 0 Å². The van der Waals surface area contributed by atoms with E-state index in [0.717, 1.165) is 30.2 Å². The van der Waals surface area contributed by atoms with Crippen molar-refractivity contribution >= 4 is 0 Å². The molecule has 0 radical (unpaired) electrons. The van der Waals surface area contributed by atoms with Crippen molar-refractivity contribution in [3.63, 3.8) is 0 Å². The summed E-state index contributed by atoms with van der Waals surface area (Å²) in [6.07, 6.45) is 1.92. The molecule has 0 aliphatic carbocycles. The van der Waals surface area contributed by atoms with Gasteiger partial charge in [-0.05, 0) is 19.4 Å². The molecule has 0 atom stereocenters. The highest BCUT2D eigenvalue weighted by atomic mass is 16.5. The molecule has 98 valence electrons. The first kappa shape index (κ1) is 12.8. The van der Waals surface area contributed by atoms with Gasteiger partial charge < -0.3 is 9.84 Å². The van der Waals surface area contributed by atoms with Gasteiger partial charge in [0.1, 0.15) is 6.54 Å². The Balaban J connectivity index is 1.86. The van der Waals surface area contributed by atoms with Gasteiger partial charge >= 0.3 is 0 Å². The largest absolute Gasteiger partial charge is 0.359 e. The zero-order valence-corrected chi connectivity index (χ0v) is 11.1. The number of nitrogens with one attached hydrogen (secondary N) is 1. The fourth-order valence-corrected chi connectivity index (χ4v) is 1.64. The molecule has 2 aromatic rings. The summed E-state index contributed by atoms with van der Waals surface area (Å²) in [6, 6.07) is 1.90. The van der Waals surface area contributed by atoms with Gasteiger partial charge in [-0.2, -0.15) is 0 Å². The minimum Gasteiger partial charge on any atom is -0.359 e. The van der Waals surface area contributed by atoms with Crippen LogP contribution >= 0.6 is 0 Å². The Bertz CT molecular complexity index is 488. The third-order valence-electron chi connectivity index (χ3n) is 2.44. The Morgan fingerprint density at radius 2 is 2.28 bits per heavy atom. The maximum atomic E-state index is 5.14. The van der Waals surface area contributed by atoms with Crippen LogP contribution in [0.15, 0.2) is 16.8 Å². The van der Waals surface area contributed by atoms with Crippen LogP contribution in [-0.4, -0.2) is 26.7 Å². The molecule has 0 saturated heterocycles. The predicted octanol–water partition coefficient (Wildman–Crippen LogP) is 1.37. The lowest BCUT2D eigenvalue weighted by molar-refractivity contribution is 0.367. The van der Waals surface area contributed by atoms with Crippen LogP contribution in [0.2, 0.25) is 0 Å². The molecule has 0 aliphatic rings. The Morgan fingerprint density at radius 3 is 2.94 bits per heavy atom.